The lowest BCUT2D eigenvalue weighted by Crippen LogP contribution is -2.47. The molecule has 0 spiro atoms. The van der Waals surface area contributed by atoms with Gasteiger partial charge in [0.05, 0.1) is 17.9 Å². The Bertz CT molecular complexity index is 833. The average Bonchev–Trinajstić information content (AvgIpc) is 2.59. The summed E-state index contributed by atoms with van der Waals surface area (Å²) in [5.41, 5.74) is 3.18. The fourth-order valence-electron chi connectivity index (χ4n) is 4.34. The second kappa shape index (κ2) is 4.94. The summed E-state index contributed by atoms with van der Waals surface area (Å²) in [7, 11) is 0. The molecule has 2 aromatic rings. The van der Waals surface area contributed by atoms with E-state index in [4.69, 9.17) is 0 Å². The second-order valence-corrected chi connectivity index (χ2v) is 6.26. The lowest BCUT2D eigenvalue weighted by atomic mass is 9.53. The first kappa shape index (κ1) is 14.9. The van der Waals surface area contributed by atoms with Gasteiger partial charge in [0.2, 0.25) is 5.78 Å². The molecule has 5 rings (SSSR count). The van der Waals surface area contributed by atoms with Crippen molar-refractivity contribution in [3.05, 3.63) is 70.8 Å². The summed E-state index contributed by atoms with van der Waals surface area (Å²) in [5, 5.41) is 9.58. The molecule has 0 N–H and O–H groups in total. The second-order valence-electron chi connectivity index (χ2n) is 6.26. The molecule has 2 aromatic carbocycles. The van der Waals surface area contributed by atoms with E-state index in [1.54, 1.807) is 24.3 Å². The van der Waals surface area contributed by atoms with Gasteiger partial charge in [0.1, 0.15) is 0 Å². The molecule has 0 aromatic heterocycles. The van der Waals surface area contributed by atoms with Gasteiger partial charge in [0.25, 0.3) is 0 Å². The van der Waals surface area contributed by atoms with Gasteiger partial charge in [-0.05, 0) is 22.3 Å². The number of ketones is 1. The smallest absolute Gasteiger partial charge is 0.289 e. The van der Waals surface area contributed by atoms with E-state index in [2.05, 4.69) is 0 Å². The van der Waals surface area contributed by atoms with Gasteiger partial charge in [0, 0.05) is 11.8 Å². The average molecular weight is 327 g/mol. The van der Waals surface area contributed by atoms with Crippen molar-refractivity contribution in [2.24, 2.45) is 11.8 Å². The van der Waals surface area contributed by atoms with Crippen molar-refractivity contribution in [1.82, 2.24) is 0 Å². The fourth-order valence-corrected chi connectivity index (χ4v) is 4.34. The van der Waals surface area contributed by atoms with Gasteiger partial charge < -0.3 is 0 Å². The van der Waals surface area contributed by atoms with Crippen LogP contribution in [-0.4, -0.2) is 12.0 Å². The lowest BCUT2D eigenvalue weighted by molar-refractivity contribution is -0.178. The molecule has 2 nitrogen and oxygen atoms in total. The highest BCUT2D eigenvalue weighted by atomic mass is 19.4. The molecular formula is C19H12F3NO. The molecule has 0 saturated carbocycles. The first-order valence-electron chi connectivity index (χ1n) is 7.63. The molecular weight excluding hydrogens is 315 g/mol. The zero-order chi connectivity index (χ0) is 17.1. The number of halogens is 3. The summed E-state index contributed by atoms with van der Waals surface area (Å²) in [4.78, 5) is 12.1. The molecule has 2 bridgehead atoms. The number of rotatable bonds is 1. The van der Waals surface area contributed by atoms with E-state index in [9.17, 15) is 23.2 Å². The number of fused-ring (bicyclic) bond motifs is 1. The molecule has 0 unspecified atom stereocenters. The fraction of sp³-hybridized carbons (Fsp3) is 0.263. The third-order valence-corrected chi connectivity index (χ3v) is 5.17. The number of Topliss-reactive ketones (excluding diaryl/α,β-unsaturated/α-hetero) is 1. The van der Waals surface area contributed by atoms with Gasteiger partial charge in [-0.3, -0.25) is 4.79 Å². The predicted molar refractivity (Wildman–Crippen MR) is 80.2 cm³/mol. The van der Waals surface area contributed by atoms with Crippen LogP contribution in [0.25, 0.3) is 0 Å². The molecule has 0 fully saturated rings. The maximum atomic E-state index is 13.2. The molecule has 0 radical (unpaired) electrons. The Kier molecular flexibility index (Phi) is 3.08. The molecule has 5 heteroatoms. The minimum absolute atomic E-state index is 0.497. The quantitative estimate of drug-likeness (QED) is 0.789. The Morgan fingerprint density at radius 3 is 1.67 bits per heavy atom. The Labute approximate surface area is 136 Å². The van der Waals surface area contributed by atoms with E-state index in [-0.39, 0.29) is 0 Å². The van der Waals surface area contributed by atoms with Gasteiger partial charge in [-0.15, -0.1) is 0 Å². The highest BCUT2D eigenvalue weighted by Crippen LogP contribution is 2.59. The molecule has 3 aliphatic rings. The number of hydrogen-bond acceptors (Lipinski definition) is 2. The number of nitriles is 1. The van der Waals surface area contributed by atoms with Crippen LogP contribution in [0.5, 0.6) is 0 Å². The number of benzene rings is 2. The molecule has 0 aliphatic heterocycles. The summed E-state index contributed by atoms with van der Waals surface area (Å²) in [5.74, 6) is -5.41. The summed E-state index contributed by atoms with van der Waals surface area (Å²) < 4.78 is 39.5. The van der Waals surface area contributed by atoms with E-state index in [1.165, 1.54) is 0 Å². The Morgan fingerprint density at radius 2 is 1.29 bits per heavy atom. The highest BCUT2D eigenvalue weighted by molar-refractivity contribution is 5.90. The van der Waals surface area contributed by atoms with Crippen LogP contribution in [0.4, 0.5) is 13.2 Å². The van der Waals surface area contributed by atoms with Crippen molar-refractivity contribution >= 4 is 5.78 Å². The first-order valence-corrected chi connectivity index (χ1v) is 7.63. The summed E-state index contributed by atoms with van der Waals surface area (Å²) in [6.07, 6.45) is -4.94. The van der Waals surface area contributed by atoms with Gasteiger partial charge >= 0.3 is 6.18 Å². The van der Waals surface area contributed by atoms with Gasteiger partial charge in [-0.2, -0.15) is 18.4 Å². The lowest BCUT2D eigenvalue weighted by Gasteiger charge is -2.47. The third kappa shape index (κ3) is 1.86. The highest BCUT2D eigenvalue weighted by Gasteiger charge is 2.57. The van der Waals surface area contributed by atoms with E-state index in [0.29, 0.717) is 0 Å². The number of hydrogen-bond donors (Lipinski definition) is 0. The van der Waals surface area contributed by atoms with Crippen LogP contribution in [0.1, 0.15) is 34.1 Å². The van der Waals surface area contributed by atoms with Crippen molar-refractivity contribution in [3.8, 4) is 6.07 Å². The molecule has 0 heterocycles. The Hall–Kier alpha value is -2.61. The summed E-state index contributed by atoms with van der Waals surface area (Å²) in [6, 6.07) is 16.4. The van der Waals surface area contributed by atoms with E-state index in [1.807, 2.05) is 30.3 Å². The van der Waals surface area contributed by atoms with E-state index in [0.717, 1.165) is 22.3 Å². The molecule has 0 saturated heterocycles. The van der Waals surface area contributed by atoms with Crippen LogP contribution in [0, 0.1) is 23.2 Å². The minimum Gasteiger partial charge on any atom is -0.289 e. The predicted octanol–water partition coefficient (Wildman–Crippen LogP) is 4.16. The van der Waals surface area contributed by atoms with Crippen LogP contribution in [0.3, 0.4) is 0 Å². The van der Waals surface area contributed by atoms with Crippen molar-refractivity contribution in [1.29, 1.82) is 5.26 Å². The van der Waals surface area contributed by atoms with Crippen LogP contribution in [-0.2, 0) is 4.79 Å². The van der Waals surface area contributed by atoms with E-state index < -0.39 is 35.6 Å². The third-order valence-electron chi connectivity index (χ3n) is 5.17. The van der Waals surface area contributed by atoms with Gasteiger partial charge in [-0.25, -0.2) is 0 Å². The van der Waals surface area contributed by atoms with Crippen molar-refractivity contribution in [3.63, 3.8) is 0 Å². The molecule has 2 atom stereocenters. The monoisotopic (exact) mass is 327 g/mol. The normalized spacial score (nSPS) is 27.1. The molecule has 120 valence electrons. The number of nitrogens with zero attached hydrogens (tertiary/aromatic N) is 1. The summed E-state index contributed by atoms with van der Waals surface area (Å²) >= 11 is 0. The van der Waals surface area contributed by atoms with Crippen molar-refractivity contribution < 1.29 is 18.0 Å². The molecule has 0 amide bonds. The number of alkyl halides is 3. The maximum Gasteiger partial charge on any atom is 0.450 e. The van der Waals surface area contributed by atoms with Gasteiger partial charge in [0.15, 0.2) is 0 Å². The minimum atomic E-state index is -4.94. The summed E-state index contributed by atoms with van der Waals surface area (Å²) in [6.45, 7) is 0. The standard InChI is InChI=1S/C19H12F3NO/c20-19(21,22)18(24)17-14(9-23)15-10-5-1-3-7-12(10)16(17)13-8-4-2-6-11(13)15/h1-8,14-17H/t14-,15?,16?,17+/m1/s1. The number of carbonyl (C=O) groups excluding carboxylic acids is 1. The van der Waals surface area contributed by atoms with Crippen LogP contribution < -0.4 is 0 Å². The Balaban J connectivity index is 2.00. The number of carbonyl (C=O) groups is 1. The first-order chi connectivity index (χ1) is 11.4. The van der Waals surface area contributed by atoms with Gasteiger partial charge in [-0.1, -0.05) is 48.5 Å². The van der Waals surface area contributed by atoms with Crippen molar-refractivity contribution in [2.45, 2.75) is 18.0 Å². The molecule has 24 heavy (non-hydrogen) atoms. The largest absolute Gasteiger partial charge is 0.450 e. The van der Waals surface area contributed by atoms with Crippen LogP contribution in [0.2, 0.25) is 0 Å². The van der Waals surface area contributed by atoms with Crippen LogP contribution >= 0.6 is 0 Å². The topological polar surface area (TPSA) is 40.9 Å². The van der Waals surface area contributed by atoms with E-state index >= 15 is 0 Å². The van der Waals surface area contributed by atoms with Crippen molar-refractivity contribution in [2.75, 3.05) is 0 Å². The Morgan fingerprint density at radius 1 is 0.875 bits per heavy atom. The zero-order valence-electron chi connectivity index (χ0n) is 12.4. The zero-order valence-corrected chi connectivity index (χ0v) is 12.4. The maximum absolute atomic E-state index is 13.2. The molecule has 3 aliphatic carbocycles. The van der Waals surface area contributed by atoms with Crippen LogP contribution in [0.15, 0.2) is 48.5 Å². The SMILES string of the molecule is N#C[C@@H]1C2c3ccccc3C(c3ccccc32)[C@H]1C(=O)C(F)(F)F.